The Kier molecular flexibility index (Phi) is 5.53. The molecule has 1 aliphatic heterocycles. The first-order valence-corrected chi connectivity index (χ1v) is 9.87. The number of esters is 1. The molecule has 164 valence electrons. The molecule has 0 aliphatic carbocycles. The number of carbonyl (C=O) groups is 2. The number of amides is 1. The lowest BCUT2D eigenvalue weighted by Gasteiger charge is -2.45. The summed E-state index contributed by atoms with van der Waals surface area (Å²) >= 11 is 0. The quantitative estimate of drug-likeness (QED) is 0.683. The van der Waals surface area contributed by atoms with Crippen molar-refractivity contribution < 1.29 is 19.1 Å². The normalized spacial score (nSPS) is 19.8. The number of ether oxygens (including phenoxy) is 2. The van der Waals surface area contributed by atoms with Crippen LogP contribution >= 0.6 is 0 Å². The van der Waals surface area contributed by atoms with Crippen LogP contribution in [0, 0.1) is 0 Å². The molecule has 0 unspecified atom stereocenters. The maximum Gasteiger partial charge on any atom is 0.410 e. The van der Waals surface area contributed by atoms with Gasteiger partial charge in [0, 0.05) is 38.3 Å². The summed E-state index contributed by atoms with van der Waals surface area (Å²) in [4.78, 5) is 45.3. The van der Waals surface area contributed by atoms with Crippen molar-refractivity contribution in [2.24, 2.45) is 7.05 Å². The molecule has 1 fully saturated rings. The third-order valence-electron chi connectivity index (χ3n) is 5.14. The van der Waals surface area contributed by atoms with E-state index in [1.165, 1.54) is 24.1 Å². The highest BCUT2D eigenvalue weighted by Crippen LogP contribution is 2.27. The summed E-state index contributed by atoms with van der Waals surface area (Å²) in [6.45, 7) is 10.3. The van der Waals surface area contributed by atoms with E-state index in [1.807, 2.05) is 39.5 Å². The smallest absolute Gasteiger partial charge is 0.410 e. The summed E-state index contributed by atoms with van der Waals surface area (Å²) in [7, 11) is 2.89. The second-order valence-corrected chi connectivity index (χ2v) is 8.66. The van der Waals surface area contributed by atoms with Crippen LogP contribution in [0.4, 0.5) is 10.5 Å². The highest BCUT2D eigenvalue weighted by Gasteiger charge is 2.36. The van der Waals surface area contributed by atoms with Crippen molar-refractivity contribution in [3.05, 3.63) is 28.3 Å². The third-order valence-corrected chi connectivity index (χ3v) is 5.14. The van der Waals surface area contributed by atoms with Crippen molar-refractivity contribution in [2.45, 2.75) is 52.3 Å². The highest BCUT2D eigenvalue weighted by atomic mass is 16.6. The van der Waals surface area contributed by atoms with Gasteiger partial charge in [0.1, 0.15) is 5.60 Å². The summed E-state index contributed by atoms with van der Waals surface area (Å²) in [5.41, 5.74) is 0.391. The summed E-state index contributed by atoms with van der Waals surface area (Å²) in [5.74, 6) is -0.576. The van der Waals surface area contributed by atoms with E-state index in [2.05, 4.69) is 4.98 Å². The minimum Gasteiger partial charge on any atom is -0.464 e. The molecular formula is C20H29N5O5. The van der Waals surface area contributed by atoms with Crippen LogP contribution in [-0.2, 0) is 16.5 Å². The van der Waals surface area contributed by atoms with Crippen molar-refractivity contribution in [2.75, 3.05) is 25.1 Å². The predicted octanol–water partition coefficient (Wildman–Crippen LogP) is 1.65. The van der Waals surface area contributed by atoms with Gasteiger partial charge < -0.3 is 19.3 Å². The van der Waals surface area contributed by atoms with Crippen LogP contribution in [0.3, 0.4) is 0 Å². The predicted molar refractivity (Wildman–Crippen MR) is 111 cm³/mol. The van der Waals surface area contributed by atoms with E-state index in [-0.39, 0.29) is 29.4 Å². The lowest BCUT2D eigenvalue weighted by molar-refractivity contribution is 0.0130. The number of aromatic nitrogens is 3. The Morgan fingerprint density at radius 1 is 1.17 bits per heavy atom. The molecule has 30 heavy (non-hydrogen) atoms. The van der Waals surface area contributed by atoms with E-state index in [1.54, 1.807) is 16.5 Å². The number of anilines is 1. The Morgan fingerprint density at radius 3 is 2.43 bits per heavy atom. The Hall–Kier alpha value is -3.04. The molecule has 10 nitrogen and oxygen atoms in total. The molecule has 3 rings (SSSR count). The van der Waals surface area contributed by atoms with Crippen molar-refractivity contribution >= 4 is 23.4 Å². The van der Waals surface area contributed by atoms with E-state index in [4.69, 9.17) is 9.47 Å². The number of hydrogen-bond donors (Lipinski definition) is 0. The fourth-order valence-electron chi connectivity index (χ4n) is 3.61. The van der Waals surface area contributed by atoms with Crippen LogP contribution in [0.2, 0.25) is 0 Å². The lowest BCUT2D eigenvalue weighted by atomic mass is 10.1. The van der Waals surface area contributed by atoms with Gasteiger partial charge in [-0.1, -0.05) is 0 Å². The number of methoxy groups -OCH3 is 1. The number of imidazole rings is 1. The molecule has 2 aromatic rings. The molecule has 0 spiro atoms. The molecule has 2 aromatic heterocycles. The first kappa shape index (κ1) is 21.7. The average molecular weight is 419 g/mol. The van der Waals surface area contributed by atoms with Crippen LogP contribution < -0.4 is 10.5 Å². The van der Waals surface area contributed by atoms with Gasteiger partial charge in [-0.3, -0.25) is 4.79 Å². The number of rotatable bonds is 2. The molecule has 1 amide bonds. The third kappa shape index (κ3) is 3.99. The molecule has 0 saturated carbocycles. The standard InChI is InChI=1S/C20H29N5O5/c1-12-10-24(19(28)30-20(3,4)5)13(2)9-23(12)15-8-16(26)22(6)25-11-14(18(27)29-7)21-17(15)25/h8,11-13H,9-10H2,1-7H3/t12-,13+/m0/s1. The van der Waals surface area contributed by atoms with Gasteiger partial charge in [0.15, 0.2) is 11.3 Å². The van der Waals surface area contributed by atoms with E-state index in [0.29, 0.717) is 24.4 Å². The van der Waals surface area contributed by atoms with Crippen LogP contribution in [0.25, 0.3) is 5.65 Å². The molecule has 2 atom stereocenters. The maximum absolute atomic E-state index is 12.6. The van der Waals surface area contributed by atoms with Crippen molar-refractivity contribution in [3.8, 4) is 0 Å². The van der Waals surface area contributed by atoms with Crippen molar-refractivity contribution in [1.82, 2.24) is 19.1 Å². The molecule has 1 aliphatic rings. The second-order valence-electron chi connectivity index (χ2n) is 8.66. The number of piperazine rings is 1. The Bertz CT molecular complexity index is 1030. The van der Waals surface area contributed by atoms with E-state index >= 15 is 0 Å². The summed E-state index contributed by atoms with van der Waals surface area (Å²) in [6, 6.07) is 1.27. The van der Waals surface area contributed by atoms with E-state index < -0.39 is 11.6 Å². The Morgan fingerprint density at radius 2 is 1.83 bits per heavy atom. The zero-order chi connectivity index (χ0) is 22.4. The average Bonchev–Trinajstić information content (AvgIpc) is 3.10. The van der Waals surface area contributed by atoms with Crippen molar-refractivity contribution in [3.63, 3.8) is 0 Å². The monoisotopic (exact) mass is 419 g/mol. The molecule has 0 aromatic carbocycles. The Labute approximate surface area is 175 Å². The molecular weight excluding hydrogens is 390 g/mol. The topological polar surface area (TPSA) is 98.4 Å². The van der Waals surface area contributed by atoms with Crippen LogP contribution in [-0.4, -0.2) is 69.0 Å². The minimum absolute atomic E-state index is 0.0945. The van der Waals surface area contributed by atoms with Gasteiger partial charge in [-0.25, -0.2) is 23.8 Å². The van der Waals surface area contributed by atoms with Crippen LogP contribution in [0.5, 0.6) is 0 Å². The zero-order valence-electron chi connectivity index (χ0n) is 18.5. The van der Waals surface area contributed by atoms with Crippen molar-refractivity contribution in [1.29, 1.82) is 0 Å². The summed E-state index contributed by atoms with van der Waals surface area (Å²) in [6.07, 6.45) is 1.13. The molecule has 0 bridgehead atoms. The van der Waals surface area contributed by atoms with Crippen LogP contribution in [0.15, 0.2) is 17.1 Å². The van der Waals surface area contributed by atoms with Gasteiger partial charge in [0.2, 0.25) is 0 Å². The van der Waals surface area contributed by atoms with Gasteiger partial charge in [-0.15, -0.1) is 0 Å². The first-order valence-electron chi connectivity index (χ1n) is 9.87. The number of aryl methyl sites for hydroxylation is 1. The number of fused-ring (bicyclic) bond motifs is 1. The molecule has 3 heterocycles. The van der Waals surface area contributed by atoms with Gasteiger partial charge >= 0.3 is 12.1 Å². The van der Waals surface area contributed by atoms with Crippen LogP contribution in [0.1, 0.15) is 45.1 Å². The SMILES string of the molecule is COC(=O)c1cn2c(n1)c(N1C[C@@H](C)N(C(=O)OC(C)(C)C)C[C@@H]1C)cc(=O)n2C. The Balaban J connectivity index is 1.97. The number of hydrogen-bond acceptors (Lipinski definition) is 7. The molecule has 10 heteroatoms. The summed E-state index contributed by atoms with van der Waals surface area (Å²) in [5, 5.41) is 0. The van der Waals surface area contributed by atoms with Gasteiger partial charge in [0.25, 0.3) is 5.56 Å². The highest BCUT2D eigenvalue weighted by molar-refractivity contribution is 5.88. The fourth-order valence-corrected chi connectivity index (χ4v) is 3.61. The molecule has 0 N–H and O–H groups in total. The maximum atomic E-state index is 12.6. The van der Waals surface area contributed by atoms with Gasteiger partial charge in [-0.2, -0.15) is 0 Å². The largest absolute Gasteiger partial charge is 0.464 e. The zero-order valence-corrected chi connectivity index (χ0v) is 18.5. The molecule has 1 saturated heterocycles. The summed E-state index contributed by atoms with van der Waals surface area (Å²) < 4.78 is 13.2. The second kappa shape index (κ2) is 7.66. The number of nitrogens with zero attached hydrogens (tertiary/aromatic N) is 5. The van der Waals surface area contributed by atoms with Gasteiger partial charge in [-0.05, 0) is 34.6 Å². The number of carbonyl (C=O) groups excluding carboxylic acids is 2. The van der Waals surface area contributed by atoms with E-state index in [9.17, 15) is 14.4 Å². The fraction of sp³-hybridized carbons (Fsp3) is 0.600. The lowest BCUT2D eigenvalue weighted by Crippen LogP contribution is -2.59. The first-order chi connectivity index (χ1) is 13.9. The van der Waals surface area contributed by atoms with Gasteiger partial charge in [0.05, 0.1) is 19.0 Å². The molecule has 0 radical (unpaired) electrons. The minimum atomic E-state index is -0.576. The van der Waals surface area contributed by atoms with E-state index in [0.717, 1.165) is 0 Å².